The highest BCUT2D eigenvalue weighted by Gasteiger charge is 2.19. The predicted molar refractivity (Wildman–Crippen MR) is 97.2 cm³/mol. The van der Waals surface area contributed by atoms with Gasteiger partial charge in [-0.2, -0.15) is 0 Å². The van der Waals surface area contributed by atoms with Gasteiger partial charge in [-0.05, 0) is 38.1 Å². The summed E-state index contributed by atoms with van der Waals surface area (Å²) in [6.45, 7) is 3.45. The summed E-state index contributed by atoms with van der Waals surface area (Å²) < 4.78 is 0. The second kappa shape index (κ2) is 8.50. The van der Waals surface area contributed by atoms with Gasteiger partial charge in [-0.15, -0.1) is 23.1 Å². The molecule has 0 spiro atoms. The number of thioether (sulfide) groups is 1. The highest BCUT2D eigenvalue weighted by atomic mass is 35.5. The van der Waals surface area contributed by atoms with E-state index in [0.29, 0.717) is 27.9 Å². The molecular formula is C16H17ClN2O3S2. The molecule has 0 radical (unpaired) electrons. The van der Waals surface area contributed by atoms with Crippen molar-refractivity contribution in [3.63, 3.8) is 0 Å². The average Bonchev–Trinajstić information content (AvgIpc) is 2.91. The Morgan fingerprint density at radius 2 is 2.04 bits per heavy atom. The van der Waals surface area contributed by atoms with Crippen LogP contribution in [0.2, 0.25) is 5.02 Å². The normalized spacial score (nSPS) is 12.0. The maximum Gasteiger partial charge on any atom is 0.347 e. The molecule has 0 saturated carbocycles. The smallest absolute Gasteiger partial charge is 0.347 e. The minimum Gasteiger partial charge on any atom is -0.477 e. The van der Waals surface area contributed by atoms with Crippen molar-refractivity contribution in [1.29, 1.82) is 0 Å². The summed E-state index contributed by atoms with van der Waals surface area (Å²) in [5.41, 5.74) is 0.474. The van der Waals surface area contributed by atoms with Crippen LogP contribution in [0.1, 0.15) is 39.8 Å². The quantitative estimate of drug-likeness (QED) is 0.700. The zero-order valence-electron chi connectivity index (χ0n) is 13.2. The second-order valence-corrected chi connectivity index (χ2v) is 7.75. The van der Waals surface area contributed by atoms with Crippen LogP contribution in [0.25, 0.3) is 0 Å². The lowest BCUT2D eigenvalue weighted by molar-refractivity contribution is -0.121. The molecule has 2 rings (SSSR count). The minimum atomic E-state index is -0.992. The number of halogens is 1. The lowest BCUT2D eigenvalue weighted by atomic mass is 10.3. The predicted octanol–water partition coefficient (Wildman–Crippen LogP) is 4.16. The number of carbonyl (C=O) groups is 2. The molecule has 1 amide bonds. The summed E-state index contributed by atoms with van der Waals surface area (Å²) in [5.74, 6) is -0.430. The number of benzene rings is 1. The highest BCUT2D eigenvalue weighted by molar-refractivity contribution is 7.99. The summed E-state index contributed by atoms with van der Waals surface area (Å²) in [5, 5.41) is 13.2. The molecule has 2 aromatic rings. The fourth-order valence-corrected chi connectivity index (χ4v) is 3.85. The van der Waals surface area contributed by atoms with Crippen molar-refractivity contribution in [2.75, 3.05) is 5.75 Å². The summed E-state index contributed by atoms with van der Waals surface area (Å²) in [6, 6.07) is 7.15. The molecule has 1 heterocycles. The number of hydrogen-bond acceptors (Lipinski definition) is 5. The van der Waals surface area contributed by atoms with Gasteiger partial charge in [0.05, 0.1) is 11.7 Å². The molecule has 8 heteroatoms. The average molecular weight is 385 g/mol. The van der Waals surface area contributed by atoms with E-state index in [4.69, 9.17) is 16.7 Å². The first-order valence-electron chi connectivity index (χ1n) is 7.25. The zero-order chi connectivity index (χ0) is 17.7. The maximum absolute atomic E-state index is 12.0. The Bertz CT molecular complexity index is 731. The van der Waals surface area contributed by atoms with Crippen molar-refractivity contribution in [3.8, 4) is 0 Å². The summed E-state index contributed by atoms with van der Waals surface area (Å²) in [6.07, 6.45) is 0.369. The Labute approximate surface area is 153 Å². The molecule has 1 unspecified atom stereocenters. The molecule has 1 aromatic carbocycles. The third-order valence-corrected chi connectivity index (χ3v) is 5.76. The van der Waals surface area contributed by atoms with Gasteiger partial charge in [0.1, 0.15) is 9.88 Å². The van der Waals surface area contributed by atoms with Crippen molar-refractivity contribution in [3.05, 3.63) is 44.9 Å². The van der Waals surface area contributed by atoms with Crippen LogP contribution < -0.4 is 5.32 Å². The number of aromatic nitrogens is 1. The SMILES string of the molecule is Cc1nc(C(C)NC(=O)CCSc2ccc(Cl)cc2)sc1C(=O)O. The molecule has 2 N–H and O–H groups in total. The number of carbonyl (C=O) groups excluding carboxylic acids is 1. The Kier molecular flexibility index (Phi) is 6.65. The minimum absolute atomic E-state index is 0.0892. The molecule has 0 fully saturated rings. The maximum atomic E-state index is 12.0. The molecule has 0 bridgehead atoms. The fourth-order valence-electron chi connectivity index (χ4n) is 1.97. The number of aryl methyl sites for hydroxylation is 1. The molecule has 0 saturated heterocycles. The number of hydrogen-bond donors (Lipinski definition) is 2. The fraction of sp³-hybridized carbons (Fsp3) is 0.312. The number of thiazole rings is 1. The number of carboxylic acids is 1. The van der Waals surface area contributed by atoms with Crippen LogP contribution in [0.3, 0.4) is 0 Å². The Hall–Kier alpha value is -1.57. The van der Waals surface area contributed by atoms with Crippen LogP contribution in [0, 0.1) is 6.92 Å². The first-order chi connectivity index (χ1) is 11.4. The van der Waals surface area contributed by atoms with E-state index in [1.165, 1.54) is 0 Å². The van der Waals surface area contributed by atoms with Gasteiger partial charge in [-0.1, -0.05) is 11.6 Å². The van der Waals surface area contributed by atoms with Gasteiger partial charge in [0.15, 0.2) is 0 Å². The van der Waals surface area contributed by atoms with Gasteiger partial charge < -0.3 is 10.4 Å². The van der Waals surface area contributed by atoms with E-state index in [1.54, 1.807) is 25.6 Å². The van der Waals surface area contributed by atoms with Gasteiger partial charge in [-0.25, -0.2) is 9.78 Å². The molecule has 1 atom stereocenters. The van der Waals surface area contributed by atoms with Crippen LogP contribution in [-0.2, 0) is 4.79 Å². The first-order valence-corrected chi connectivity index (χ1v) is 9.43. The van der Waals surface area contributed by atoms with E-state index in [-0.39, 0.29) is 16.8 Å². The Morgan fingerprint density at radius 3 is 2.62 bits per heavy atom. The van der Waals surface area contributed by atoms with E-state index in [2.05, 4.69) is 10.3 Å². The van der Waals surface area contributed by atoms with Crippen LogP contribution in [0.4, 0.5) is 0 Å². The number of nitrogens with zero attached hydrogens (tertiary/aromatic N) is 1. The first kappa shape index (κ1) is 18.8. The largest absolute Gasteiger partial charge is 0.477 e. The van der Waals surface area contributed by atoms with E-state index in [0.717, 1.165) is 16.2 Å². The second-order valence-electron chi connectivity index (χ2n) is 5.11. The molecule has 0 aliphatic heterocycles. The topological polar surface area (TPSA) is 79.3 Å². The van der Waals surface area contributed by atoms with Gasteiger partial charge in [0.25, 0.3) is 0 Å². The summed E-state index contributed by atoms with van der Waals surface area (Å²) in [7, 11) is 0. The van der Waals surface area contributed by atoms with E-state index in [1.807, 2.05) is 24.3 Å². The summed E-state index contributed by atoms with van der Waals surface area (Å²) >= 11 is 8.51. The van der Waals surface area contributed by atoms with Crippen molar-refractivity contribution in [2.24, 2.45) is 0 Å². The lowest BCUT2D eigenvalue weighted by Crippen LogP contribution is -2.26. The zero-order valence-corrected chi connectivity index (χ0v) is 15.6. The van der Waals surface area contributed by atoms with Crippen LogP contribution in [-0.4, -0.2) is 27.7 Å². The van der Waals surface area contributed by atoms with Gasteiger partial charge in [0.2, 0.25) is 5.91 Å². The molecule has 1 aromatic heterocycles. The van der Waals surface area contributed by atoms with Crippen LogP contribution in [0.5, 0.6) is 0 Å². The van der Waals surface area contributed by atoms with Gasteiger partial charge >= 0.3 is 5.97 Å². The van der Waals surface area contributed by atoms with E-state index < -0.39 is 5.97 Å². The van der Waals surface area contributed by atoms with E-state index in [9.17, 15) is 9.59 Å². The van der Waals surface area contributed by atoms with Crippen LogP contribution >= 0.6 is 34.7 Å². The Morgan fingerprint density at radius 1 is 1.38 bits per heavy atom. The molecule has 0 aliphatic carbocycles. The summed E-state index contributed by atoms with van der Waals surface area (Å²) in [4.78, 5) is 28.6. The lowest BCUT2D eigenvalue weighted by Gasteiger charge is -2.11. The molecule has 24 heavy (non-hydrogen) atoms. The standard InChI is InChI=1S/C16H17ClN2O3S2/c1-9-14(16(21)22)24-15(19-9)10(2)18-13(20)7-8-23-12-5-3-11(17)4-6-12/h3-6,10H,7-8H2,1-2H3,(H,18,20)(H,21,22). The Balaban J connectivity index is 1.82. The number of aromatic carboxylic acids is 1. The molecule has 5 nitrogen and oxygen atoms in total. The number of amides is 1. The number of carboxylic acid groups (broad SMARTS) is 1. The van der Waals surface area contributed by atoms with Crippen molar-refractivity contribution >= 4 is 46.6 Å². The third kappa shape index (κ3) is 5.22. The van der Waals surface area contributed by atoms with Crippen molar-refractivity contribution in [2.45, 2.75) is 31.2 Å². The van der Waals surface area contributed by atoms with Crippen molar-refractivity contribution < 1.29 is 14.7 Å². The van der Waals surface area contributed by atoms with Crippen molar-refractivity contribution in [1.82, 2.24) is 10.3 Å². The molecular weight excluding hydrogens is 368 g/mol. The van der Waals surface area contributed by atoms with Crippen LogP contribution in [0.15, 0.2) is 29.2 Å². The monoisotopic (exact) mass is 384 g/mol. The van der Waals surface area contributed by atoms with Gasteiger partial charge in [-0.3, -0.25) is 4.79 Å². The molecule has 0 aliphatic rings. The highest BCUT2D eigenvalue weighted by Crippen LogP contribution is 2.24. The van der Waals surface area contributed by atoms with Gasteiger partial charge in [0, 0.05) is 22.1 Å². The molecule has 128 valence electrons. The third-order valence-electron chi connectivity index (χ3n) is 3.17. The van der Waals surface area contributed by atoms with E-state index >= 15 is 0 Å². The number of rotatable bonds is 7. The number of nitrogens with one attached hydrogen (secondary N) is 1.